The minimum absolute atomic E-state index is 0.0334. The molecule has 0 aliphatic rings. The summed E-state index contributed by atoms with van der Waals surface area (Å²) in [5, 5.41) is 4.88. The quantitative estimate of drug-likeness (QED) is 0.597. The molecule has 1 heterocycles. The number of amides is 2. The second-order valence-electron chi connectivity index (χ2n) is 5.75. The molecular weight excluding hydrogens is 377 g/mol. The fraction of sp³-hybridized carbons (Fsp3) is 0.312. The van der Waals surface area contributed by atoms with Crippen LogP contribution in [0.1, 0.15) is 5.69 Å². The Morgan fingerprint density at radius 3 is 2.67 bits per heavy atom. The molecule has 0 radical (unpaired) electrons. The molecule has 4 N–H and O–H groups in total. The van der Waals surface area contributed by atoms with Crippen LogP contribution < -0.4 is 16.4 Å². The van der Waals surface area contributed by atoms with Gasteiger partial charge in [0, 0.05) is 31.5 Å². The number of nitrogens with zero attached hydrogens (tertiary/aromatic N) is 2. The number of sulfone groups is 1. The van der Waals surface area contributed by atoms with Crippen molar-refractivity contribution in [2.75, 3.05) is 37.6 Å². The van der Waals surface area contributed by atoms with Gasteiger partial charge in [0.1, 0.15) is 11.6 Å². The molecule has 0 aliphatic carbocycles. The summed E-state index contributed by atoms with van der Waals surface area (Å²) in [6.45, 7) is 0.611. The van der Waals surface area contributed by atoms with Crippen molar-refractivity contribution in [3.63, 3.8) is 0 Å². The smallest absolute Gasteiger partial charge is 0.319 e. The highest BCUT2D eigenvalue weighted by molar-refractivity contribution is 7.89. The molecule has 2 aromatic rings. The van der Waals surface area contributed by atoms with Gasteiger partial charge in [0.15, 0.2) is 15.7 Å². The summed E-state index contributed by atoms with van der Waals surface area (Å²) in [4.78, 5) is 19.8. The minimum Gasteiger partial charge on any atom is -0.384 e. The van der Waals surface area contributed by atoms with Gasteiger partial charge in [-0.25, -0.2) is 27.6 Å². The average Bonchev–Trinajstić information content (AvgIpc) is 2.55. The average molecular weight is 397 g/mol. The number of benzene rings is 1. The predicted molar refractivity (Wildman–Crippen MR) is 99.3 cm³/mol. The molecule has 0 saturated heterocycles. The molecule has 0 unspecified atom stereocenters. The highest BCUT2D eigenvalue weighted by Crippen LogP contribution is 2.23. The van der Waals surface area contributed by atoms with Crippen molar-refractivity contribution in [3.05, 3.63) is 35.8 Å². The van der Waals surface area contributed by atoms with E-state index >= 15 is 0 Å². The Kier molecular flexibility index (Phi) is 6.64. The second-order valence-corrected chi connectivity index (χ2v) is 7.89. The number of carbonyl (C=O) groups is 1. The zero-order valence-corrected chi connectivity index (χ0v) is 15.6. The molecule has 146 valence electrons. The van der Waals surface area contributed by atoms with Crippen molar-refractivity contribution in [1.29, 1.82) is 0 Å². The van der Waals surface area contributed by atoms with Crippen molar-refractivity contribution >= 4 is 27.4 Å². The third-order valence-electron chi connectivity index (χ3n) is 3.28. The summed E-state index contributed by atoms with van der Waals surface area (Å²) in [6.07, 6.45) is 1.07. The summed E-state index contributed by atoms with van der Waals surface area (Å²) < 4.78 is 42.0. The van der Waals surface area contributed by atoms with Crippen LogP contribution in [0.5, 0.6) is 0 Å². The van der Waals surface area contributed by atoms with E-state index in [1.54, 1.807) is 0 Å². The van der Waals surface area contributed by atoms with Crippen LogP contribution in [0, 0.1) is 5.82 Å². The second kappa shape index (κ2) is 8.73. The first-order valence-electron chi connectivity index (χ1n) is 7.83. The molecule has 2 rings (SSSR count). The number of methoxy groups -OCH3 is 1. The normalized spacial score (nSPS) is 11.2. The summed E-state index contributed by atoms with van der Waals surface area (Å²) in [5.41, 5.74) is 6.16. The number of nitrogens with one attached hydrogen (secondary N) is 2. The van der Waals surface area contributed by atoms with Crippen LogP contribution >= 0.6 is 0 Å². The van der Waals surface area contributed by atoms with Gasteiger partial charge >= 0.3 is 6.03 Å². The van der Waals surface area contributed by atoms with E-state index in [9.17, 15) is 17.6 Å². The number of hydrogen-bond donors (Lipinski definition) is 3. The maximum Gasteiger partial charge on any atom is 0.319 e. The molecule has 0 bridgehead atoms. The standard InChI is InChI=1S/C16H20FN5O4S/c1-26-6-5-19-16(23)21-13-4-3-10(7-12(13)17)15-20-11(8-14(18)22-15)9-27(2,24)25/h3-4,7-8H,5-6,9H2,1-2H3,(H2,18,20,22)(H2,19,21,23). The van der Waals surface area contributed by atoms with Gasteiger partial charge in [0.2, 0.25) is 0 Å². The molecule has 0 atom stereocenters. The van der Waals surface area contributed by atoms with E-state index in [1.807, 2.05) is 0 Å². The zero-order valence-electron chi connectivity index (χ0n) is 14.8. The van der Waals surface area contributed by atoms with E-state index in [4.69, 9.17) is 10.5 Å². The van der Waals surface area contributed by atoms with E-state index in [0.29, 0.717) is 12.2 Å². The number of hydrogen-bond acceptors (Lipinski definition) is 7. The molecule has 0 spiro atoms. The van der Waals surface area contributed by atoms with Crippen LogP contribution in [0.15, 0.2) is 24.3 Å². The lowest BCUT2D eigenvalue weighted by Gasteiger charge is -2.10. The molecular formula is C16H20FN5O4S. The van der Waals surface area contributed by atoms with Gasteiger partial charge in [-0.15, -0.1) is 0 Å². The number of halogens is 1. The lowest BCUT2D eigenvalue weighted by molar-refractivity contribution is 0.198. The Balaban J connectivity index is 2.21. The first kappa shape index (κ1) is 20.5. The van der Waals surface area contributed by atoms with E-state index in [-0.39, 0.29) is 35.3 Å². The number of ether oxygens (including phenoxy) is 1. The van der Waals surface area contributed by atoms with Gasteiger partial charge < -0.3 is 21.1 Å². The number of rotatable bonds is 7. The number of nitrogens with two attached hydrogens (primary N) is 1. The Morgan fingerprint density at radius 1 is 1.30 bits per heavy atom. The largest absolute Gasteiger partial charge is 0.384 e. The molecule has 11 heteroatoms. The summed E-state index contributed by atoms with van der Waals surface area (Å²) in [5.74, 6) is -0.858. The maximum atomic E-state index is 14.3. The molecule has 0 saturated carbocycles. The Morgan fingerprint density at radius 2 is 2.04 bits per heavy atom. The van der Waals surface area contributed by atoms with E-state index in [2.05, 4.69) is 20.6 Å². The van der Waals surface area contributed by atoms with Gasteiger partial charge in [-0.1, -0.05) is 0 Å². The van der Waals surface area contributed by atoms with Gasteiger partial charge in [0.05, 0.1) is 23.7 Å². The van der Waals surface area contributed by atoms with E-state index in [0.717, 1.165) is 12.3 Å². The minimum atomic E-state index is -3.31. The third-order valence-corrected chi connectivity index (χ3v) is 4.10. The lowest BCUT2D eigenvalue weighted by Crippen LogP contribution is -2.31. The molecule has 9 nitrogen and oxygen atoms in total. The van der Waals surface area contributed by atoms with Crippen molar-refractivity contribution in [1.82, 2.24) is 15.3 Å². The van der Waals surface area contributed by atoms with E-state index < -0.39 is 21.7 Å². The number of aromatic nitrogens is 2. The topological polar surface area (TPSA) is 136 Å². The van der Waals surface area contributed by atoms with Crippen LogP contribution in [-0.4, -0.2) is 50.9 Å². The maximum absolute atomic E-state index is 14.3. The fourth-order valence-corrected chi connectivity index (χ4v) is 2.86. The van der Waals surface area contributed by atoms with Gasteiger partial charge in [-0.3, -0.25) is 0 Å². The lowest BCUT2D eigenvalue weighted by atomic mass is 10.1. The summed E-state index contributed by atoms with van der Waals surface area (Å²) in [6, 6.07) is 4.75. The molecule has 27 heavy (non-hydrogen) atoms. The van der Waals surface area contributed by atoms with Crippen LogP contribution in [-0.2, 0) is 20.3 Å². The SMILES string of the molecule is COCCNC(=O)Nc1ccc(-c2nc(N)cc(CS(C)(=O)=O)n2)cc1F. The van der Waals surface area contributed by atoms with Crippen molar-refractivity contribution < 1.29 is 22.3 Å². The molecule has 2 amide bonds. The Bertz CT molecular complexity index is 936. The van der Waals surface area contributed by atoms with Crippen LogP contribution in [0.3, 0.4) is 0 Å². The van der Waals surface area contributed by atoms with Crippen LogP contribution in [0.2, 0.25) is 0 Å². The molecule has 0 fully saturated rings. The molecule has 0 aliphatic heterocycles. The zero-order chi connectivity index (χ0) is 20.0. The predicted octanol–water partition coefficient (Wildman–Crippen LogP) is 1.18. The van der Waals surface area contributed by atoms with Crippen molar-refractivity contribution in [2.45, 2.75) is 5.75 Å². The Labute approximate surface area is 156 Å². The third kappa shape index (κ3) is 6.46. The van der Waals surface area contributed by atoms with Crippen molar-refractivity contribution in [2.24, 2.45) is 0 Å². The number of carbonyl (C=O) groups excluding carboxylic acids is 1. The first-order chi connectivity index (χ1) is 12.7. The monoisotopic (exact) mass is 397 g/mol. The highest BCUT2D eigenvalue weighted by Gasteiger charge is 2.13. The van der Waals surface area contributed by atoms with Crippen molar-refractivity contribution in [3.8, 4) is 11.4 Å². The van der Waals surface area contributed by atoms with Crippen LogP contribution in [0.25, 0.3) is 11.4 Å². The molecule has 1 aromatic carbocycles. The number of anilines is 2. The van der Waals surface area contributed by atoms with E-state index in [1.165, 1.54) is 25.3 Å². The number of urea groups is 1. The summed E-state index contributed by atoms with van der Waals surface area (Å²) in [7, 11) is -1.82. The van der Waals surface area contributed by atoms with Crippen LogP contribution in [0.4, 0.5) is 20.7 Å². The number of nitrogen functional groups attached to an aromatic ring is 1. The highest BCUT2D eigenvalue weighted by atomic mass is 32.2. The van der Waals surface area contributed by atoms with Gasteiger partial charge in [0.25, 0.3) is 0 Å². The molecule has 1 aromatic heterocycles. The van der Waals surface area contributed by atoms with Gasteiger partial charge in [-0.2, -0.15) is 0 Å². The fourth-order valence-electron chi connectivity index (χ4n) is 2.18. The Hall–Kier alpha value is -2.79. The van der Waals surface area contributed by atoms with Gasteiger partial charge in [-0.05, 0) is 18.2 Å². The first-order valence-corrected chi connectivity index (χ1v) is 9.89. The summed E-state index contributed by atoms with van der Waals surface area (Å²) >= 11 is 0.